The van der Waals surface area contributed by atoms with Crippen LogP contribution in [0.1, 0.15) is 29.0 Å². The Bertz CT molecular complexity index is 1340. The molecule has 0 fully saturated rings. The van der Waals surface area contributed by atoms with Crippen LogP contribution in [0.3, 0.4) is 0 Å². The van der Waals surface area contributed by atoms with Crippen LogP contribution in [0, 0.1) is 0 Å². The molecule has 2 heterocycles. The predicted octanol–water partition coefficient (Wildman–Crippen LogP) is 4.93. The molecule has 4 rings (SSSR count). The Hall–Kier alpha value is -3.45. The molecule has 156 valence electrons. The number of aromatic nitrogens is 2. The zero-order valence-corrected chi connectivity index (χ0v) is 18.5. The molecule has 0 radical (unpaired) electrons. The summed E-state index contributed by atoms with van der Waals surface area (Å²) in [6, 6.07) is 20.0. The highest BCUT2D eigenvalue weighted by Gasteiger charge is 2.25. The topological polar surface area (TPSA) is 81.4 Å². The number of carbonyl (C=O) groups is 1. The number of carbonyl (C=O) groups excluding carboxylic acids is 1. The normalized spacial score (nSPS) is 12.0. The molecule has 2 aromatic heterocycles. The molecule has 0 spiro atoms. The summed E-state index contributed by atoms with van der Waals surface area (Å²) in [4.78, 5) is 30.0. The van der Waals surface area contributed by atoms with Crippen LogP contribution in [-0.4, -0.2) is 27.7 Å². The van der Waals surface area contributed by atoms with Crippen LogP contribution < -0.4 is 5.56 Å². The number of fused-ring (bicyclic) bond motifs is 1. The van der Waals surface area contributed by atoms with Gasteiger partial charge in [-0.1, -0.05) is 60.7 Å². The largest absolute Gasteiger partial charge is 0.505 e. The Kier molecular flexibility index (Phi) is 5.61. The number of hydrogen-bond donors (Lipinski definition) is 1. The Labute approximate surface area is 186 Å². The smallest absolute Gasteiger partial charge is 0.360 e. The molecule has 1 N–H and O–H groups in total. The monoisotopic (exact) mass is 478 g/mol. The highest BCUT2D eigenvalue weighted by atomic mass is 79.9. The number of nitrogens with zero attached hydrogens (tertiary/aromatic N) is 2. The number of ether oxygens (including phenoxy) is 1. The van der Waals surface area contributed by atoms with Crippen LogP contribution in [-0.2, 0) is 4.74 Å². The lowest BCUT2D eigenvalue weighted by Gasteiger charge is -2.21. The van der Waals surface area contributed by atoms with Gasteiger partial charge in [0.25, 0.3) is 5.56 Å². The molecule has 0 saturated heterocycles. The van der Waals surface area contributed by atoms with E-state index in [4.69, 9.17) is 4.74 Å². The van der Waals surface area contributed by atoms with Gasteiger partial charge in [-0.25, -0.2) is 9.78 Å². The van der Waals surface area contributed by atoms with Gasteiger partial charge in [-0.05, 0) is 40.0 Å². The van der Waals surface area contributed by atoms with Crippen LogP contribution in [0.2, 0.25) is 0 Å². The van der Waals surface area contributed by atoms with Crippen molar-refractivity contribution >= 4 is 32.8 Å². The lowest BCUT2D eigenvalue weighted by molar-refractivity contribution is 0.0590. The van der Waals surface area contributed by atoms with Gasteiger partial charge in [-0.15, -0.1) is 0 Å². The molecule has 0 aliphatic rings. The molecular weight excluding hydrogens is 460 g/mol. The summed E-state index contributed by atoms with van der Waals surface area (Å²) in [7, 11) is 1.22. The Morgan fingerprint density at radius 1 is 1.10 bits per heavy atom. The van der Waals surface area contributed by atoms with Gasteiger partial charge in [0.05, 0.1) is 18.7 Å². The summed E-state index contributed by atoms with van der Waals surface area (Å²) in [5.41, 5.74) is 1.96. The van der Waals surface area contributed by atoms with E-state index in [0.29, 0.717) is 22.0 Å². The van der Waals surface area contributed by atoms with Crippen LogP contribution >= 0.6 is 15.9 Å². The standard InChI is InChI=1S/C24H19BrN2O4/c1-14(15-9-5-3-6-10-15)27-20-18(21(28)19(24(30)31-2)26-22(20)25)13-17(23(27)29)16-11-7-4-8-12-16/h3-14,28H,1-2H3. The van der Waals surface area contributed by atoms with Crippen molar-refractivity contribution in [1.29, 1.82) is 0 Å². The molecule has 1 atom stereocenters. The fourth-order valence-corrected chi connectivity index (χ4v) is 4.25. The molecule has 7 heteroatoms. The summed E-state index contributed by atoms with van der Waals surface area (Å²) in [6.45, 7) is 1.91. The van der Waals surface area contributed by atoms with E-state index in [-0.39, 0.29) is 27.6 Å². The van der Waals surface area contributed by atoms with Crippen LogP contribution in [0.15, 0.2) is 76.1 Å². The highest BCUT2D eigenvalue weighted by Crippen LogP contribution is 2.36. The van der Waals surface area contributed by atoms with E-state index in [9.17, 15) is 14.7 Å². The van der Waals surface area contributed by atoms with Gasteiger partial charge in [0.1, 0.15) is 4.60 Å². The van der Waals surface area contributed by atoms with E-state index < -0.39 is 5.97 Å². The number of aromatic hydroxyl groups is 1. The Morgan fingerprint density at radius 3 is 2.32 bits per heavy atom. The highest BCUT2D eigenvalue weighted by molar-refractivity contribution is 9.10. The van der Waals surface area contributed by atoms with Crippen molar-refractivity contribution in [3.05, 3.63) is 92.9 Å². The third kappa shape index (κ3) is 3.61. The molecule has 4 aromatic rings. The lowest BCUT2D eigenvalue weighted by atomic mass is 10.0. The van der Waals surface area contributed by atoms with E-state index in [2.05, 4.69) is 20.9 Å². The molecular formula is C24H19BrN2O4. The third-order valence-corrected chi connectivity index (χ3v) is 5.80. The van der Waals surface area contributed by atoms with Crippen molar-refractivity contribution < 1.29 is 14.6 Å². The van der Waals surface area contributed by atoms with Crippen LogP contribution in [0.4, 0.5) is 0 Å². The van der Waals surface area contributed by atoms with Crippen molar-refractivity contribution in [3.8, 4) is 16.9 Å². The molecule has 1 unspecified atom stereocenters. The van der Waals surface area contributed by atoms with Crippen molar-refractivity contribution in [2.75, 3.05) is 7.11 Å². The fraction of sp³-hybridized carbons (Fsp3) is 0.125. The number of halogens is 1. The number of hydrogen-bond acceptors (Lipinski definition) is 5. The molecule has 0 amide bonds. The number of benzene rings is 2. The lowest BCUT2D eigenvalue weighted by Crippen LogP contribution is -2.26. The van der Waals surface area contributed by atoms with Crippen LogP contribution in [0.25, 0.3) is 22.0 Å². The maximum Gasteiger partial charge on any atom is 0.360 e. The summed E-state index contributed by atoms with van der Waals surface area (Å²) in [5.74, 6) is -1.11. The van der Waals surface area contributed by atoms with E-state index in [1.807, 2.05) is 67.6 Å². The van der Waals surface area contributed by atoms with Gasteiger partial charge in [0, 0.05) is 10.9 Å². The van der Waals surface area contributed by atoms with E-state index in [0.717, 1.165) is 5.56 Å². The van der Waals surface area contributed by atoms with Crippen molar-refractivity contribution in [1.82, 2.24) is 9.55 Å². The molecule has 6 nitrogen and oxygen atoms in total. The number of pyridine rings is 2. The maximum absolute atomic E-state index is 13.7. The first kappa shape index (κ1) is 20.8. The molecule has 31 heavy (non-hydrogen) atoms. The first-order valence-electron chi connectivity index (χ1n) is 9.60. The molecule has 0 saturated carbocycles. The predicted molar refractivity (Wildman–Crippen MR) is 122 cm³/mol. The molecule has 0 aliphatic heterocycles. The first-order valence-corrected chi connectivity index (χ1v) is 10.4. The van der Waals surface area contributed by atoms with E-state index in [1.54, 1.807) is 10.6 Å². The zero-order chi connectivity index (χ0) is 22.1. The molecule has 0 aliphatic carbocycles. The third-order valence-electron chi connectivity index (χ3n) is 5.25. The van der Waals surface area contributed by atoms with Crippen LogP contribution in [0.5, 0.6) is 5.75 Å². The number of methoxy groups -OCH3 is 1. The van der Waals surface area contributed by atoms with Gasteiger partial charge in [-0.2, -0.15) is 0 Å². The van der Waals surface area contributed by atoms with Gasteiger partial charge in [0.2, 0.25) is 0 Å². The molecule has 0 bridgehead atoms. The fourth-order valence-electron chi connectivity index (χ4n) is 3.67. The van der Waals surface area contributed by atoms with Crippen molar-refractivity contribution in [2.45, 2.75) is 13.0 Å². The van der Waals surface area contributed by atoms with Gasteiger partial charge in [-0.3, -0.25) is 9.36 Å². The molecule has 2 aromatic carbocycles. The number of esters is 1. The summed E-state index contributed by atoms with van der Waals surface area (Å²) in [5, 5.41) is 11.2. The van der Waals surface area contributed by atoms with Crippen molar-refractivity contribution in [3.63, 3.8) is 0 Å². The first-order chi connectivity index (χ1) is 14.9. The number of rotatable bonds is 4. The van der Waals surface area contributed by atoms with Gasteiger partial charge < -0.3 is 9.84 Å². The second kappa shape index (κ2) is 8.35. The quantitative estimate of drug-likeness (QED) is 0.332. The van der Waals surface area contributed by atoms with Gasteiger partial charge >= 0.3 is 5.97 Å². The van der Waals surface area contributed by atoms with E-state index >= 15 is 0 Å². The minimum Gasteiger partial charge on any atom is -0.505 e. The summed E-state index contributed by atoms with van der Waals surface area (Å²) in [6.07, 6.45) is 0. The average Bonchev–Trinajstić information content (AvgIpc) is 2.81. The summed E-state index contributed by atoms with van der Waals surface area (Å²) >= 11 is 3.40. The summed E-state index contributed by atoms with van der Waals surface area (Å²) < 4.78 is 6.61. The SMILES string of the molecule is COC(=O)c1nc(Br)c2c(cc(-c3ccccc3)c(=O)n2C(C)c2ccccc2)c1O. The Balaban J connectivity index is 2.14. The maximum atomic E-state index is 13.7. The van der Waals surface area contributed by atoms with Crippen molar-refractivity contribution in [2.24, 2.45) is 0 Å². The zero-order valence-electron chi connectivity index (χ0n) is 16.9. The minimum atomic E-state index is -0.768. The second-order valence-corrected chi connectivity index (χ2v) is 7.79. The Morgan fingerprint density at radius 2 is 1.71 bits per heavy atom. The average molecular weight is 479 g/mol. The second-order valence-electron chi connectivity index (χ2n) is 7.04. The van der Waals surface area contributed by atoms with E-state index in [1.165, 1.54) is 7.11 Å². The van der Waals surface area contributed by atoms with Gasteiger partial charge in [0.15, 0.2) is 11.4 Å². The minimum absolute atomic E-state index is 0.224.